The molecule has 1 aromatic heterocycles. The number of rotatable bonds is 4. The Balaban J connectivity index is 2.44. The number of aromatic carboxylic acids is 1. The third-order valence-electron chi connectivity index (χ3n) is 2.56. The van der Waals surface area contributed by atoms with E-state index in [0.29, 0.717) is 18.0 Å². The second-order valence-corrected chi connectivity index (χ2v) is 3.81. The molecular weight excluding hydrogens is 250 g/mol. The number of hydrogen-bond donors (Lipinski definition) is 1. The molecule has 2 rings (SSSR count). The van der Waals surface area contributed by atoms with Crippen LogP contribution in [-0.4, -0.2) is 32.0 Å². The maximum absolute atomic E-state index is 11.9. The van der Waals surface area contributed by atoms with Crippen LogP contribution in [0.2, 0.25) is 0 Å². The molecule has 0 unspecified atom stereocenters. The van der Waals surface area contributed by atoms with Crippen molar-refractivity contribution in [3.8, 4) is 11.4 Å². The monoisotopic (exact) mass is 263 g/mol. The second-order valence-electron chi connectivity index (χ2n) is 3.81. The van der Waals surface area contributed by atoms with Gasteiger partial charge in [-0.05, 0) is 31.2 Å². The van der Waals surface area contributed by atoms with Gasteiger partial charge in [-0.25, -0.2) is 9.59 Å². The Labute approximate surface area is 108 Å². The zero-order valence-corrected chi connectivity index (χ0v) is 10.5. The van der Waals surface area contributed by atoms with Gasteiger partial charge < -0.3 is 9.84 Å². The summed E-state index contributed by atoms with van der Waals surface area (Å²) < 4.78 is 7.31. The van der Waals surface area contributed by atoms with E-state index >= 15 is 0 Å². The molecule has 0 aliphatic carbocycles. The first-order chi connectivity index (χ1) is 9.04. The maximum Gasteiger partial charge on any atom is 0.374 e. The molecule has 7 heteroatoms. The number of carboxylic acids is 1. The van der Waals surface area contributed by atoms with Gasteiger partial charge in [0.15, 0.2) is 0 Å². The van der Waals surface area contributed by atoms with Crippen molar-refractivity contribution < 1.29 is 14.6 Å². The molecular formula is C12H13N3O4. The Hall–Kier alpha value is -2.57. The molecule has 100 valence electrons. The lowest BCUT2D eigenvalue weighted by Crippen LogP contribution is -2.22. The molecule has 0 aliphatic rings. The lowest BCUT2D eigenvalue weighted by molar-refractivity contribution is 0.0678. The second kappa shape index (κ2) is 4.97. The van der Waals surface area contributed by atoms with E-state index in [9.17, 15) is 9.59 Å². The Bertz CT molecular complexity index is 655. The normalized spacial score (nSPS) is 10.4. The Morgan fingerprint density at radius 2 is 2.00 bits per heavy atom. The number of ether oxygens (including phenoxy) is 1. The molecule has 7 nitrogen and oxygen atoms in total. The van der Waals surface area contributed by atoms with E-state index in [1.54, 1.807) is 24.3 Å². The topological polar surface area (TPSA) is 86.3 Å². The van der Waals surface area contributed by atoms with E-state index < -0.39 is 11.7 Å². The van der Waals surface area contributed by atoms with Crippen molar-refractivity contribution >= 4 is 5.97 Å². The van der Waals surface area contributed by atoms with Gasteiger partial charge in [0.25, 0.3) is 0 Å². The number of benzene rings is 1. The predicted molar refractivity (Wildman–Crippen MR) is 66.9 cm³/mol. The lowest BCUT2D eigenvalue weighted by atomic mass is 10.3. The largest absolute Gasteiger partial charge is 0.494 e. The van der Waals surface area contributed by atoms with Crippen LogP contribution in [0.25, 0.3) is 5.69 Å². The van der Waals surface area contributed by atoms with E-state index in [1.165, 1.54) is 7.05 Å². The summed E-state index contributed by atoms with van der Waals surface area (Å²) in [5, 5.41) is 12.7. The van der Waals surface area contributed by atoms with E-state index in [2.05, 4.69) is 5.10 Å². The molecule has 1 N–H and O–H groups in total. The van der Waals surface area contributed by atoms with E-state index in [1.807, 2.05) is 6.92 Å². The van der Waals surface area contributed by atoms with Crippen LogP contribution in [0.4, 0.5) is 0 Å². The van der Waals surface area contributed by atoms with Crippen molar-refractivity contribution in [3.63, 3.8) is 0 Å². The van der Waals surface area contributed by atoms with Gasteiger partial charge >= 0.3 is 11.7 Å². The Morgan fingerprint density at radius 3 is 2.47 bits per heavy atom. The van der Waals surface area contributed by atoms with Gasteiger partial charge in [-0.15, -0.1) is 5.10 Å². The fourth-order valence-corrected chi connectivity index (χ4v) is 1.64. The maximum atomic E-state index is 11.9. The van der Waals surface area contributed by atoms with Crippen LogP contribution in [0.15, 0.2) is 29.1 Å². The fraction of sp³-hybridized carbons (Fsp3) is 0.250. The number of hydrogen-bond acceptors (Lipinski definition) is 4. The number of carboxylic acid groups (broad SMARTS) is 1. The van der Waals surface area contributed by atoms with Gasteiger partial charge in [-0.3, -0.25) is 4.57 Å². The Kier molecular flexibility index (Phi) is 3.37. The molecule has 0 saturated carbocycles. The highest BCUT2D eigenvalue weighted by Crippen LogP contribution is 2.13. The number of carbonyl (C=O) groups is 1. The fourth-order valence-electron chi connectivity index (χ4n) is 1.64. The third kappa shape index (κ3) is 2.35. The summed E-state index contributed by atoms with van der Waals surface area (Å²) in [6, 6.07) is 6.68. The zero-order chi connectivity index (χ0) is 14.0. The molecule has 0 spiro atoms. The van der Waals surface area contributed by atoms with Crippen molar-refractivity contribution in [2.45, 2.75) is 6.92 Å². The van der Waals surface area contributed by atoms with Crippen molar-refractivity contribution in [1.82, 2.24) is 14.3 Å². The molecule has 0 saturated heterocycles. The van der Waals surface area contributed by atoms with Crippen molar-refractivity contribution in [1.29, 1.82) is 0 Å². The molecule has 0 fully saturated rings. The van der Waals surface area contributed by atoms with E-state index in [4.69, 9.17) is 9.84 Å². The van der Waals surface area contributed by atoms with E-state index in [0.717, 1.165) is 9.25 Å². The summed E-state index contributed by atoms with van der Waals surface area (Å²) in [5.74, 6) is -0.878. The van der Waals surface area contributed by atoms with Gasteiger partial charge in [0, 0.05) is 7.05 Å². The third-order valence-corrected chi connectivity index (χ3v) is 2.56. The number of aromatic nitrogens is 3. The minimum absolute atomic E-state index is 0.307. The van der Waals surface area contributed by atoms with Gasteiger partial charge in [0.1, 0.15) is 5.75 Å². The van der Waals surface area contributed by atoms with Crippen LogP contribution >= 0.6 is 0 Å². The van der Waals surface area contributed by atoms with Crippen molar-refractivity contribution in [2.75, 3.05) is 6.61 Å². The Morgan fingerprint density at radius 1 is 1.37 bits per heavy atom. The minimum atomic E-state index is -1.25. The molecule has 0 atom stereocenters. The van der Waals surface area contributed by atoms with Crippen LogP contribution in [0.1, 0.15) is 17.5 Å². The van der Waals surface area contributed by atoms with Gasteiger partial charge in [0.05, 0.1) is 12.3 Å². The van der Waals surface area contributed by atoms with Gasteiger partial charge in [-0.2, -0.15) is 4.68 Å². The number of nitrogens with zero attached hydrogens (tertiary/aromatic N) is 3. The summed E-state index contributed by atoms with van der Waals surface area (Å²) >= 11 is 0. The first-order valence-corrected chi connectivity index (χ1v) is 5.67. The minimum Gasteiger partial charge on any atom is -0.494 e. The van der Waals surface area contributed by atoms with Crippen LogP contribution in [0.3, 0.4) is 0 Å². The van der Waals surface area contributed by atoms with Crippen LogP contribution in [0, 0.1) is 0 Å². The van der Waals surface area contributed by atoms with Crippen LogP contribution in [0.5, 0.6) is 5.75 Å². The highest BCUT2D eigenvalue weighted by molar-refractivity contribution is 5.83. The summed E-state index contributed by atoms with van der Waals surface area (Å²) in [7, 11) is 1.36. The molecule has 0 amide bonds. The van der Waals surface area contributed by atoms with Gasteiger partial charge in [-0.1, -0.05) is 0 Å². The summed E-state index contributed by atoms with van der Waals surface area (Å²) in [6.45, 7) is 2.42. The van der Waals surface area contributed by atoms with Crippen molar-refractivity contribution in [3.05, 3.63) is 40.6 Å². The lowest BCUT2D eigenvalue weighted by Gasteiger charge is -2.03. The highest BCUT2D eigenvalue weighted by Gasteiger charge is 2.17. The first kappa shape index (κ1) is 12.9. The van der Waals surface area contributed by atoms with Gasteiger partial charge in [0.2, 0.25) is 5.82 Å². The van der Waals surface area contributed by atoms with E-state index in [-0.39, 0.29) is 5.82 Å². The molecule has 2 aromatic rings. The zero-order valence-electron chi connectivity index (χ0n) is 10.5. The van der Waals surface area contributed by atoms with Crippen LogP contribution < -0.4 is 10.4 Å². The highest BCUT2D eigenvalue weighted by atomic mass is 16.5. The average Bonchev–Trinajstić information content (AvgIpc) is 2.68. The molecule has 0 radical (unpaired) electrons. The molecule has 1 heterocycles. The molecule has 1 aromatic carbocycles. The molecule has 0 aliphatic heterocycles. The van der Waals surface area contributed by atoms with Crippen molar-refractivity contribution in [2.24, 2.45) is 7.05 Å². The SMILES string of the molecule is CCOc1ccc(-n2nc(C(=O)O)n(C)c2=O)cc1. The summed E-state index contributed by atoms with van der Waals surface area (Å²) in [5.41, 5.74) is -0.0295. The summed E-state index contributed by atoms with van der Waals surface area (Å²) in [4.78, 5) is 22.8. The quantitative estimate of drug-likeness (QED) is 0.876. The summed E-state index contributed by atoms with van der Waals surface area (Å²) in [6.07, 6.45) is 0. The standard InChI is InChI=1S/C12H13N3O4/c1-3-19-9-6-4-8(5-7-9)15-12(18)14(2)10(13-15)11(16)17/h4-7H,3H2,1-2H3,(H,16,17). The molecule has 19 heavy (non-hydrogen) atoms. The molecule has 0 bridgehead atoms. The van der Waals surface area contributed by atoms with Crippen LogP contribution in [-0.2, 0) is 7.05 Å². The average molecular weight is 263 g/mol. The predicted octanol–water partition coefficient (Wildman–Crippen LogP) is 0.668. The first-order valence-electron chi connectivity index (χ1n) is 5.67. The smallest absolute Gasteiger partial charge is 0.374 e.